The summed E-state index contributed by atoms with van der Waals surface area (Å²) in [5.74, 6) is 0.234. The number of aliphatic hydroxyl groups excluding tert-OH is 1. The third kappa shape index (κ3) is 3.03. The lowest BCUT2D eigenvalue weighted by Gasteiger charge is -2.32. The summed E-state index contributed by atoms with van der Waals surface area (Å²) in [6, 6.07) is 1.37. The summed E-state index contributed by atoms with van der Waals surface area (Å²) in [6.07, 6.45) is 0. The number of sulfonamides is 1. The summed E-state index contributed by atoms with van der Waals surface area (Å²) >= 11 is 3.09. The molecule has 0 saturated carbocycles. The Balaban J connectivity index is 2.20. The van der Waals surface area contributed by atoms with E-state index in [2.05, 4.69) is 27.8 Å². The van der Waals surface area contributed by atoms with E-state index in [0.717, 1.165) is 19.6 Å². The maximum Gasteiger partial charge on any atom is 0.247 e. The van der Waals surface area contributed by atoms with Crippen molar-refractivity contribution in [1.82, 2.24) is 9.21 Å². The molecule has 0 radical (unpaired) electrons. The largest absolute Gasteiger partial charge is 0.450 e. The molecular formula is C11H17BrN2O4S. The van der Waals surface area contributed by atoms with Gasteiger partial charge in [0, 0.05) is 32.2 Å². The van der Waals surface area contributed by atoms with E-state index in [4.69, 9.17) is 9.52 Å². The molecule has 1 aromatic heterocycles. The fourth-order valence-corrected chi connectivity index (χ4v) is 4.46. The average Bonchev–Trinajstić information content (AvgIpc) is 2.81. The van der Waals surface area contributed by atoms with Crippen LogP contribution in [0, 0.1) is 0 Å². The smallest absolute Gasteiger partial charge is 0.247 e. The first-order chi connectivity index (χ1) is 8.98. The summed E-state index contributed by atoms with van der Waals surface area (Å²) in [7, 11) is -3.56. The van der Waals surface area contributed by atoms with Crippen molar-refractivity contribution in [3.63, 3.8) is 0 Å². The number of likely N-dealkylation sites (N-methyl/N-ethyl adjacent to an activating group) is 1. The minimum Gasteiger partial charge on any atom is -0.450 e. The minimum atomic E-state index is -3.56. The number of rotatable bonds is 4. The van der Waals surface area contributed by atoms with Crippen LogP contribution in [0.5, 0.6) is 0 Å². The standard InChI is InChI=1S/C11H17BrN2O4S/c1-2-13-3-5-14(6-4-13)19(16,17)10-7-9(8-15)18-11(10)12/h7,15H,2-6,8H2,1H3. The lowest BCUT2D eigenvalue weighted by Crippen LogP contribution is -2.48. The molecule has 1 aliphatic rings. The van der Waals surface area contributed by atoms with Gasteiger partial charge in [-0.15, -0.1) is 0 Å². The van der Waals surface area contributed by atoms with Gasteiger partial charge in [0.15, 0.2) is 4.67 Å². The first-order valence-corrected chi connectivity index (χ1v) is 8.34. The first kappa shape index (κ1) is 15.0. The zero-order valence-corrected chi connectivity index (χ0v) is 13.1. The molecule has 0 spiro atoms. The number of hydrogen-bond acceptors (Lipinski definition) is 5. The van der Waals surface area contributed by atoms with E-state index in [1.807, 2.05) is 0 Å². The van der Waals surface area contributed by atoms with Crippen molar-refractivity contribution < 1.29 is 17.9 Å². The number of hydrogen-bond donors (Lipinski definition) is 1. The number of furan rings is 1. The van der Waals surface area contributed by atoms with Gasteiger partial charge in [-0.3, -0.25) is 0 Å². The Morgan fingerprint density at radius 2 is 2.00 bits per heavy atom. The third-order valence-corrected chi connectivity index (χ3v) is 6.01. The fourth-order valence-electron chi connectivity index (χ4n) is 2.08. The topological polar surface area (TPSA) is 74.0 Å². The molecule has 0 atom stereocenters. The van der Waals surface area contributed by atoms with Gasteiger partial charge in [-0.25, -0.2) is 8.42 Å². The molecule has 0 amide bonds. The molecule has 1 aliphatic heterocycles. The highest BCUT2D eigenvalue weighted by Gasteiger charge is 2.31. The van der Waals surface area contributed by atoms with Crippen molar-refractivity contribution in [2.24, 2.45) is 0 Å². The van der Waals surface area contributed by atoms with E-state index in [1.54, 1.807) is 0 Å². The molecule has 2 heterocycles. The molecule has 19 heavy (non-hydrogen) atoms. The van der Waals surface area contributed by atoms with Crippen LogP contribution >= 0.6 is 15.9 Å². The van der Waals surface area contributed by atoms with Crippen molar-refractivity contribution in [2.45, 2.75) is 18.4 Å². The van der Waals surface area contributed by atoms with Crippen LogP contribution in [-0.4, -0.2) is 55.5 Å². The van der Waals surface area contributed by atoms with Crippen molar-refractivity contribution in [2.75, 3.05) is 32.7 Å². The van der Waals surface area contributed by atoms with Gasteiger partial charge in [0.05, 0.1) is 0 Å². The second-order valence-corrected chi connectivity index (χ2v) is 6.97. The van der Waals surface area contributed by atoms with Gasteiger partial charge in [-0.2, -0.15) is 4.31 Å². The van der Waals surface area contributed by atoms with Crippen LogP contribution in [0.3, 0.4) is 0 Å². The Kier molecular flexibility index (Phi) is 4.67. The highest BCUT2D eigenvalue weighted by molar-refractivity contribution is 9.10. The second-order valence-electron chi connectivity index (χ2n) is 4.35. The summed E-state index contributed by atoms with van der Waals surface area (Å²) < 4.78 is 31.7. The number of nitrogens with zero attached hydrogens (tertiary/aromatic N) is 2. The number of halogens is 1. The van der Waals surface area contributed by atoms with Gasteiger partial charge in [0.25, 0.3) is 0 Å². The van der Waals surface area contributed by atoms with Gasteiger partial charge in [0.1, 0.15) is 17.3 Å². The van der Waals surface area contributed by atoms with Gasteiger partial charge >= 0.3 is 0 Å². The zero-order chi connectivity index (χ0) is 14.0. The molecule has 0 aliphatic carbocycles. The molecule has 1 fully saturated rings. The Bertz CT molecular complexity index is 535. The SMILES string of the molecule is CCN1CCN(S(=O)(=O)c2cc(CO)oc2Br)CC1. The van der Waals surface area contributed by atoms with E-state index < -0.39 is 10.0 Å². The highest BCUT2D eigenvalue weighted by atomic mass is 79.9. The molecule has 2 rings (SSSR count). The van der Waals surface area contributed by atoms with Crippen LogP contribution < -0.4 is 0 Å². The van der Waals surface area contributed by atoms with Gasteiger partial charge in [-0.05, 0) is 22.5 Å². The van der Waals surface area contributed by atoms with Crippen LogP contribution in [0.15, 0.2) is 20.0 Å². The fraction of sp³-hybridized carbons (Fsp3) is 0.636. The normalized spacial score (nSPS) is 18.9. The van der Waals surface area contributed by atoms with Crippen LogP contribution in [0.25, 0.3) is 0 Å². The van der Waals surface area contributed by atoms with Gasteiger partial charge < -0.3 is 14.4 Å². The molecule has 108 valence electrons. The Morgan fingerprint density at radius 3 is 2.47 bits per heavy atom. The lowest BCUT2D eigenvalue weighted by molar-refractivity contribution is 0.196. The van der Waals surface area contributed by atoms with Crippen molar-refractivity contribution in [3.05, 3.63) is 16.5 Å². The molecule has 1 N–H and O–H groups in total. The van der Waals surface area contributed by atoms with E-state index >= 15 is 0 Å². The summed E-state index contributed by atoms with van der Waals surface area (Å²) in [6.45, 7) is 5.08. The first-order valence-electron chi connectivity index (χ1n) is 6.10. The van der Waals surface area contributed by atoms with E-state index in [1.165, 1.54) is 10.4 Å². The summed E-state index contributed by atoms with van der Waals surface area (Å²) in [4.78, 5) is 2.29. The molecule has 1 aromatic rings. The molecule has 1 saturated heterocycles. The number of aliphatic hydroxyl groups is 1. The van der Waals surface area contributed by atoms with Crippen LogP contribution in [-0.2, 0) is 16.6 Å². The maximum absolute atomic E-state index is 12.5. The van der Waals surface area contributed by atoms with E-state index in [-0.39, 0.29) is 21.9 Å². The van der Waals surface area contributed by atoms with Crippen LogP contribution in [0.2, 0.25) is 0 Å². The molecule has 6 nitrogen and oxygen atoms in total. The minimum absolute atomic E-state index is 0.0847. The molecule has 8 heteroatoms. The van der Waals surface area contributed by atoms with Gasteiger partial charge in [0.2, 0.25) is 10.0 Å². The van der Waals surface area contributed by atoms with Crippen molar-refractivity contribution in [1.29, 1.82) is 0 Å². The average molecular weight is 353 g/mol. The Morgan fingerprint density at radius 1 is 1.37 bits per heavy atom. The zero-order valence-electron chi connectivity index (χ0n) is 10.7. The third-order valence-electron chi connectivity index (χ3n) is 3.26. The van der Waals surface area contributed by atoms with E-state index in [9.17, 15) is 8.42 Å². The predicted octanol–water partition coefficient (Wildman–Crippen LogP) is 0.861. The van der Waals surface area contributed by atoms with E-state index in [0.29, 0.717) is 13.1 Å². The Labute approximate surface area is 121 Å². The highest BCUT2D eigenvalue weighted by Crippen LogP contribution is 2.29. The van der Waals surface area contributed by atoms with Crippen molar-refractivity contribution in [3.8, 4) is 0 Å². The quantitative estimate of drug-likeness (QED) is 0.869. The molecule has 0 aromatic carbocycles. The predicted molar refractivity (Wildman–Crippen MR) is 73.2 cm³/mol. The van der Waals surface area contributed by atoms with Crippen molar-refractivity contribution >= 4 is 26.0 Å². The van der Waals surface area contributed by atoms with Gasteiger partial charge in [-0.1, -0.05) is 6.92 Å². The molecule has 0 bridgehead atoms. The Hall–Kier alpha value is -0.410. The van der Waals surface area contributed by atoms with Crippen LogP contribution in [0.4, 0.5) is 0 Å². The molecular weight excluding hydrogens is 336 g/mol. The second kappa shape index (κ2) is 5.92. The van der Waals surface area contributed by atoms with Crippen LogP contribution in [0.1, 0.15) is 12.7 Å². The monoisotopic (exact) mass is 352 g/mol. The number of piperazine rings is 1. The maximum atomic E-state index is 12.5. The summed E-state index contributed by atoms with van der Waals surface area (Å²) in [5.41, 5.74) is 0. The lowest BCUT2D eigenvalue weighted by atomic mass is 10.4. The summed E-state index contributed by atoms with van der Waals surface area (Å²) in [5, 5.41) is 8.99. The molecule has 0 unspecified atom stereocenters.